The number of fused-ring (bicyclic) bond motifs is 1. The van der Waals surface area contributed by atoms with Crippen LogP contribution in [0.4, 0.5) is 0 Å². The Kier molecular flexibility index (Phi) is 3.52. The van der Waals surface area contributed by atoms with E-state index in [0.717, 1.165) is 5.66 Å². The highest BCUT2D eigenvalue weighted by molar-refractivity contribution is 7.75. The van der Waals surface area contributed by atoms with Crippen LogP contribution in [0.3, 0.4) is 0 Å². The van der Waals surface area contributed by atoms with Gasteiger partial charge in [0.15, 0.2) is 0 Å². The largest absolute Gasteiger partial charge is 0.0845 e. The van der Waals surface area contributed by atoms with Gasteiger partial charge in [0.05, 0.1) is 24.1 Å². The molecule has 2 aliphatic rings. The molecule has 0 bridgehead atoms. The van der Waals surface area contributed by atoms with Crippen LogP contribution >= 0.6 is 7.26 Å². The van der Waals surface area contributed by atoms with Crippen LogP contribution in [0.15, 0.2) is 30.3 Å². The molecule has 0 aliphatic carbocycles. The maximum Gasteiger partial charge on any atom is 0.0845 e. The second-order valence-corrected chi connectivity index (χ2v) is 10.3. The molecule has 0 unspecified atom stereocenters. The van der Waals surface area contributed by atoms with Crippen molar-refractivity contribution >= 4 is 7.26 Å². The van der Waals surface area contributed by atoms with Crippen LogP contribution in [0.1, 0.15) is 44.1 Å². The lowest BCUT2D eigenvalue weighted by Gasteiger charge is -2.41. The standard InChI is InChI=1S/C16H24P/c1-2-8-15(9-3-1)14-17-12-6-4-10-16(17)11-5-7-13-17/h1-3,8-9,16H,4-7,10-14H2/q+1. The van der Waals surface area contributed by atoms with Crippen molar-refractivity contribution in [3.63, 3.8) is 0 Å². The molecule has 1 aromatic carbocycles. The molecule has 2 fully saturated rings. The summed E-state index contributed by atoms with van der Waals surface area (Å²) in [4.78, 5) is 0. The van der Waals surface area contributed by atoms with E-state index in [1.807, 2.05) is 0 Å². The van der Waals surface area contributed by atoms with E-state index in [4.69, 9.17) is 0 Å². The first-order chi connectivity index (χ1) is 8.39. The molecule has 0 radical (unpaired) electrons. The quantitative estimate of drug-likeness (QED) is 0.649. The molecule has 2 aliphatic heterocycles. The lowest BCUT2D eigenvalue weighted by atomic mass is 10.1. The van der Waals surface area contributed by atoms with E-state index >= 15 is 0 Å². The fraction of sp³-hybridized carbons (Fsp3) is 0.625. The average molecular weight is 247 g/mol. The van der Waals surface area contributed by atoms with Crippen molar-refractivity contribution < 1.29 is 0 Å². The summed E-state index contributed by atoms with van der Waals surface area (Å²) in [6, 6.07) is 11.3. The lowest BCUT2D eigenvalue weighted by Crippen LogP contribution is -2.28. The third kappa shape index (κ3) is 2.43. The predicted molar refractivity (Wildman–Crippen MR) is 78.3 cm³/mol. The molecule has 1 heteroatoms. The Morgan fingerprint density at radius 3 is 2.18 bits per heavy atom. The molecule has 0 amide bonds. The minimum absolute atomic E-state index is 0.616. The fourth-order valence-electron chi connectivity index (χ4n) is 4.02. The monoisotopic (exact) mass is 247 g/mol. The summed E-state index contributed by atoms with van der Waals surface area (Å²) in [6.45, 7) is 0. The van der Waals surface area contributed by atoms with Gasteiger partial charge in [-0.2, -0.15) is 0 Å². The second kappa shape index (κ2) is 5.11. The summed E-state index contributed by atoms with van der Waals surface area (Å²) in [7, 11) is -0.616. The van der Waals surface area contributed by atoms with E-state index in [2.05, 4.69) is 30.3 Å². The molecule has 3 rings (SSSR count). The van der Waals surface area contributed by atoms with Crippen molar-refractivity contribution in [3.05, 3.63) is 35.9 Å². The van der Waals surface area contributed by atoms with Gasteiger partial charge in [-0.05, 0) is 44.1 Å². The highest BCUT2D eigenvalue weighted by Crippen LogP contribution is 2.72. The molecule has 2 heterocycles. The van der Waals surface area contributed by atoms with Gasteiger partial charge in [0, 0.05) is 7.26 Å². The molecule has 0 N–H and O–H groups in total. The van der Waals surface area contributed by atoms with Crippen LogP contribution < -0.4 is 0 Å². The van der Waals surface area contributed by atoms with Crippen molar-refractivity contribution in [1.82, 2.24) is 0 Å². The van der Waals surface area contributed by atoms with Crippen LogP contribution in [0.25, 0.3) is 0 Å². The topological polar surface area (TPSA) is 0 Å². The first kappa shape index (κ1) is 11.7. The first-order valence-corrected chi connectivity index (χ1v) is 9.70. The molecule has 0 aromatic heterocycles. The maximum absolute atomic E-state index is 2.36. The minimum atomic E-state index is -0.616. The zero-order valence-corrected chi connectivity index (χ0v) is 11.7. The zero-order valence-electron chi connectivity index (χ0n) is 10.8. The molecular weight excluding hydrogens is 223 g/mol. The Morgan fingerprint density at radius 2 is 1.53 bits per heavy atom. The zero-order chi connectivity index (χ0) is 11.6. The molecular formula is C16H24P+. The van der Waals surface area contributed by atoms with Crippen LogP contribution in [0.2, 0.25) is 0 Å². The van der Waals surface area contributed by atoms with E-state index in [-0.39, 0.29) is 0 Å². The van der Waals surface area contributed by atoms with Crippen molar-refractivity contribution in [2.45, 2.75) is 50.3 Å². The summed E-state index contributed by atoms with van der Waals surface area (Å²) < 4.78 is 0. The first-order valence-electron chi connectivity index (χ1n) is 7.29. The molecule has 0 saturated carbocycles. The SMILES string of the molecule is c1ccc(C[P+]23CCCCC2CCCC3)cc1. The Morgan fingerprint density at radius 1 is 0.882 bits per heavy atom. The van der Waals surface area contributed by atoms with Gasteiger partial charge in [-0.3, -0.25) is 0 Å². The Balaban J connectivity index is 1.81. The van der Waals surface area contributed by atoms with Gasteiger partial charge in [-0.1, -0.05) is 30.3 Å². The molecule has 0 atom stereocenters. The molecule has 17 heavy (non-hydrogen) atoms. The molecule has 1 aromatic rings. The number of hydrogen-bond acceptors (Lipinski definition) is 0. The second-order valence-electron chi connectivity index (χ2n) is 5.95. The van der Waals surface area contributed by atoms with Gasteiger partial charge in [-0.15, -0.1) is 0 Å². The van der Waals surface area contributed by atoms with Crippen molar-refractivity contribution in [1.29, 1.82) is 0 Å². The van der Waals surface area contributed by atoms with E-state index in [9.17, 15) is 0 Å². The van der Waals surface area contributed by atoms with E-state index in [0.29, 0.717) is 0 Å². The Bertz CT molecular complexity index is 345. The van der Waals surface area contributed by atoms with Gasteiger partial charge in [-0.25, -0.2) is 0 Å². The third-order valence-electron chi connectivity index (χ3n) is 4.90. The Labute approximate surface area is 106 Å². The highest BCUT2D eigenvalue weighted by Gasteiger charge is 2.48. The smallest absolute Gasteiger partial charge is 0.0622 e. The third-order valence-corrected chi connectivity index (χ3v) is 10.4. The van der Waals surface area contributed by atoms with E-state index in [1.165, 1.54) is 31.8 Å². The number of rotatable bonds is 2. The Hall–Kier alpha value is -0.350. The van der Waals surface area contributed by atoms with E-state index < -0.39 is 7.26 Å². The molecule has 92 valence electrons. The summed E-state index contributed by atoms with van der Waals surface area (Å²) in [5.41, 5.74) is 2.76. The number of benzene rings is 1. The van der Waals surface area contributed by atoms with Gasteiger partial charge in [0.2, 0.25) is 0 Å². The van der Waals surface area contributed by atoms with Crippen LogP contribution in [-0.4, -0.2) is 18.0 Å². The van der Waals surface area contributed by atoms with E-state index in [1.54, 1.807) is 30.7 Å². The lowest BCUT2D eigenvalue weighted by molar-refractivity contribution is 0.555. The molecule has 0 spiro atoms. The van der Waals surface area contributed by atoms with Gasteiger partial charge in [0.1, 0.15) is 0 Å². The highest BCUT2D eigenvalue weighted by atomic mass is 31.2. The van der Waals surface area contributed by atoms with Gasteiger partial charge < -0.3 is 0 Å². The van der Waals surface area contributed by atoms with Gasteiger partial charge in [0.25, 0.3) is 0 Å². The van der Waals surface area contributed by atoms with Crippen LogP contribution in [-0.2, 0) is 6.16 Å². The maximum atomic E-state index is 2.36. The molecule has 0 nitrogen and oxygen atoms in total. The molecule has 2 saturated heterocycles. The van der Waals surface area contributed by atoms with Crippen molar-refractivity contribution in [2.75, 3.05) is 12.3 Å². The fourth-order valence-corrected chi connectivity index (χ4v) is 9.65. The van der Waals surface area contributed by atoms with Crippen LogP contribution in [0.5, 0.6) is 0 Å². The summed E-state index contributed by atoms with van der Waals surface area (Å²) in [6.07, 6.45) is 13.9. The van der Waals surface area contributed by atoms with Gasteiger partial charge >= 0.3 is 0 Å². The average Bonchev–Trinajstić information content (AvgIpc) is 2.39. The minimum Gasteiger partial charge on any atom is -0.0622 e. The normalized spacial score (nSPS) is 33.1. The van der Waals surface area contributed by atoms with Crippen molar-refractivity contribution in [2.24, 2.45) is 0 Å². The predicted octanol–water partition coefficient (Wildman–Crippen LogP) is 4.94. The van der Waals surface area contributed by atoms with Crippen molar-refractivity contribution in [3.8, 4) is 0 Å². The summed E-state index contributed by atoms with van der Waals surface area (Å²) in [5, 5.41) is 0. The summed E-state index contributed by atoms with van der Waals surface area (Å²) >= 11 is 0. The number of hydrogen-bond donors (Lipinski definition) is 0. The van der Waals surface area contributed by atoms with Crippen LogP contribution in [0, 0.1) is 0 Å². The summed E-state index contributed by atoms with van der Waals surface area (Å²) in [5.74, 6) is 0.